The van der Waals surface area contributed by atoms with Crippen LogP contribution in [0.15, 0.2) is 23.6 Å². The molecule has 22 heavy (non-hydrogen) atoms. The zero-order chi connectivity index (χ0) is 15.9. The van der Waals surface area contributed by atoms with E-state index in [9.17, 15) is 4.55 Å². The normalized spacial score (nSPS) is 22.0. The average Bonchev–Trinajstić information content (AvgIpc) is 3.01. The summed E-state index contributed by atoms with van der Waals surface area (Å²) in [5.41, 5.74) is 0.768. The molecule has 0 N–H and O–H groups in total. The van der Waals surface area contributed by atoms with Crippen LogP contribution in [-0.4, -0.2) is 50.8 Å². The summed E-state index contributed by atoms with van der Waals surface area (Å²) < 4.78 is 18.8. The predicted octanol–water partition coefficient (Wildman–Crippen LogP) is 1.00. The fraction of sp³-hybridized carbons (Fsp3) is 0.500. The van der Waals surface area contributed by atoms with E-state index in [0.717, 1.165) is 17.2 Å². The van der Waals surface area contributed by atoms with E-state index in [-0.39, 0.29) is 5.41 Å². The first kappa shape index (κ1) is 15.3. The van der Waals surface area contributed by atoms with Gasteiger partial charge in [-0.3, -0.25) is 4.68 Å². The predicted molar refractivity (Wildman–Crippen MR) is 83.8 cm³/mol. The fourth-order valence-corrected chi connectivity index (χ4v) is 3.23. The van der Waals surface area contributed by atoms with Gasteiger partial charge in [0.1, 0.15) is 12.1 Å². The van der Waals surface area contributed by atoms with Crippen molar-refractivity contribution in [3.8, 4) is 0 Å². The van der Waals surface area contributed by atoms with Gasteiger partial charge in [-0.1, -0.05) is 6.92 Å². The van der Waals surface area contributed by atoms with E-state index in [0.29, 0.717) is 18.3 Å². The zero-order valence-corrected chi connectivity index (χ0v) is 13.9. The summed E-state index contributed by atoms with van der Waals surface area (Å²) in [6, 6.07) is 1.94. The third kappa shape index (κ3) is 2.47. The molecule has 0 saturated carbocycles. The van der Waals surface area contributed by atoms with Crippen molar-refractivity contribution in [3.05, 3.63) is 24.0 Å². The zero-order valence-electron chi connectivity index (χ0n) is 13.1. The Kier molecular flexibility index (Phi) is 3.84. The first-order chi connectivity index (χ1) is 10.4. The van der Waals surface area contributed by atoms with Gasteiger partial charge < -0.3 is 14.2 Å². The molecule has 0 radical (unpaired) electrons. The number of nitrogens with zero attached hydrogens (tertiary/aromatic N) is 5. The van der Waals surface area contributed by atoms with Crippen LogP contribution in [0.25, 0.3) is 0 Å². The van der Waals surface area contributed by atoms with Crippen LogP contribution in [-0.2, 0) is 28.4 Å². The lowest BCUT2D eigenvalue weighted by Crippen LogP contribution is -2.33. The van der Waals surface area contributed by atoms with E-state index in [1.54, 1.807) is 24.2 Å². The minimum absolute atomic E-state index is 0.227. The molecule has 0 spiro atoms. The number of fused-ring (bicyclic) bond motifs is 1. The van der Waals surface area contributed by atoms with Crippen LogP contribution in [0.3, 0.4) is 0 Å². The molecule has 8 heteroatoms. The van der Waals surface area contributed by atoms with E-state index >= 15 is 0 Å². The van der Waals surface area contributed by atoms with Crippen molar-refractivity contribution in [1.29, 1.82) is 0 Å². The molecule has 2 aromatic heterocycles. The maximum absolute atomic E-state index is 11.7. The molecule has 0 bridgehead atoms. The van der Waals surface area contributed by atoms with E-state index in [1.165, 1.54) is 0 Å². The summed E-state index contributed by atoms with van der Waals surface area (Å²) in [5, 5.41) is 4.79. The maximum atomic E-state index is 11.7. The molecule has 2 aromatic rings. The van der Waals surface area contributed by atoms with E-state index in [2.05, 4.69) is 22.0 Å². The van der Waals surface area contributed by atoms with E-state index in [4.69, 9.17) is 4.74 Å². The van der Waals surface area contributed by atoms with E-state index in [1.807, 2.05) is 24.2 Å². The van der Waals surface area contributed by atoms with Gasteiger partial charge in [-0.15, -0.1) is 0 Å². The second-order valence-electron chi connectivity index (χ2n) is 5.77. The highest BCUT2D eigenvalue weighted by Gasteiger charge is 2.42. The Morgan fingerprint density at radius 3 is 2.86 bits per heavy atom. The van der Waals surface area contributed by atoms with E-state index < -0.39 is 11.2 Å². The lowest BCUT2D eigenvalue weighted by molar-refractivity contribution is 0.145. The summed E-state index contributed by atoms with van der Waals surface area (Å²) in [4.78, 5) is 10.8. The molecule has 1 aliphatic rings. The number of anilines is 2. The molecule has 118 valence electrons. The van der Waals surface area contributed by atoms with Gasteiger partial charge in [0, 0.05) is 61.3 Å². The number of rotatable bonds is 4. The molecule has 2 unspecified atom stereocenters. The van der Waals surface area contributed by atoms with Gasteiger partial charge in [0.25, 0.3) is 0 Å². The highest BCUT2D eigenvalue weighted by molar-refractivity contribution is 7.90. The second-order valence-corrected chi connectivity index (χ2v) is 7.04. The van der Waals surface area contributed by atoms with Crippen molar-refractivity contribution in [2.24, 2.45) is 7.05 Å². The molecule has 0 aromatic carbocycles. The number of hydrogen-bond acceptors (Lipinski definition) is 6. The van der Waals surface area contributed by atoms with Crippen LogP contribution in [0.2, 0.25) is 0 Å². The first-order valence-electron chi connectivity index (χ1n) is 6.92. The van der Waals surface area contributed by atoms with Crippen LogP contribution >= 0.6 is 0 Å². The summed E-state index contributed by atoms with van der Waals surface area (Å²) in [7, 11) is 3.56. The largest absolute Gasteiger partial charge is 0.609 e. The smallest absolute Gasteiger partial charge is 0.344 e. The first-order valence-corrected chi connectivity index (χ1v) is 8.47. The molecule has 3 rings (SSSR count). The number of hydrogen-bond donors (Lipinski definition) is 0. The lowest BCUT2D eigenvalue weighted by atomic mass is 9.87. The van der Waals surface area contributed by atoms with Crippen LogP contribution in [0.1, 0.15) is 12.5 Å². The minimum Gasteiger partial charge on any atom is -0.609 e. The van der Waals surface area contributed by atoms with Gasteiger partial charge in [-0.25, -0.2) is 0 Å². The van der Waals surface area contributed by atoms with Crippen molar-refractivity contribution in [2.45, 2.75) is 17.5 Å². The molecule has 2 atom stereocenters. The van der Waals surface area contributed by atoms with Crippen LogP contribution in [0.5, 0.6) is 0 Å². The third-order valence-electron chi connectivity index (χ3n) is 3.86. The summed E-state index contributed by atoms with van der Waals surface area (Å²) in [6.45, 7) is 3.37. The Bertz CT molecular complexity index is 690. The molecule has 0 amide bonds. The Morgan fingerprint density at radius 1 is 1.50 bits per heavy atom. The van der Waals surface area contributed by atoms with Crippen molar-refractivity contribution in [1.82, 2.24) is 19.7 Å². The number of methoxy groups -OCH3 is 1. The Morgan fingerprint density at radius 2 is 2.27 bits per heavy atom. The number of aryl methyl sites for hydroxylation is 1. The standard InChI is InChI=1S/C14H19N5O2S/c1-14(9-21-3)8-19(11-5-6-18(2)17-11)12-10(14)7-15-13(16-12)22(4)20/h5-7H,8-9H2,1-4H3. The van der Waals surface area contributed by atoms with Crippen LogP contribution in [0, 0.1) is 0 Å². The lowest BCUT2D eigenvalue weighted by Gasteiger charge is -2.23. The number of aromatic nitrogens is 4. The Balaban J connectivity index is 2.10. The highest BCUT2D eigenvalue weighted by atomic mass is 32.2. The third-order valence-corrected chi connectivity index (χ3v) is 4.57. The summed E-state index contributed by atoms with van der Waals surface area (Å²) in [6.07, 6.45) is 5.23. The highest BCUT2D eigenvalue weighted by Crippen LogP contribution is 2.42. The van der Waals surface area contributed by atoms with Crippen molar-refractivity contribution < 1.29 is 9.29 Å². The SMILES string of the molecule is COCC1(C)CN(c2ccn(C)n2)c2nc([S+](C)[O-])ncc21. The molecule has 0 aliphatic carbocycles. The monoisotopic (exact) mass is 321 g/mol. The van der Waals surface area contributed by atoms with Crippen LogP contribution in [0.4, 0.5) is 11.6 Å². The molecule has 7 nitrogen and oxygen atoms in total. The van der Waals surface area contributed by atoms with Gasteiger partial charge in [0.05, 0.1) is 6.61 Å². The Hall–Kier alpha value is -1.64. The average molecular weight is 321 g/mol. The number of ether oxygens (including phenoxy) is 1. The van der Waals surface area contributed by atoms with Gasteiger partial charge in [0.15, 0.2) is 5.82 Å². The summed E-state index contributed by atoms with van der Waals surface area (Å²) in [5.74, 6) is 1.58. The van der Waals surface area contributed by atoms with Crippen molar-refractivity contribution in [2.75, 3.05) is 31.4 Å². The van der Waals surface area contributed by atoms with Gasteiger partial charge in [-0.05, 0) is 0 Å². The summed E-state index contributed by atoms with van der Waals surface area (Å²) >= 11 is -1.22. The van der Waals surface area contributed by atoms with Gasteiger partial charge in [-0.2, -0.15) is 15.1 Å². The minimum atomic E-state index is -1.22. The molecule has 0 saturated heterocycles. The van der Waals surface area contributed by atoms with Gasteiger partial charge in [0.2, 0.25) is 0 Å². The molecule has 0 fully saturated rings. The topological polar surface area (TPSA) is 79.1 Å². The van der Waals surface area contributed by atoms with Crippen molar-refractivity contribution >= 4 is 22.8 Å². The maximum Gasteiger partial charge on any atom is 0.344 e. The Labute approximate surface area is 132 Å². The van der Waals surface area contributed by atoms with Gasteiger partial charge >= 0.3 is 5.16 Å². The fourth-order valence-electron chi connectivity index (χ4n) is 2.81. The quantitative estimate of drug-likeness (QED) is 0.617. The van der Waals surface area contributed by atoms with Crippen LogP contribution < -0.4 is 4.90 Å². The van der Waals surface area contributed by atoms with Crippen molar-refractivity contribution in [3.63, 3.8) is 0 Å². The molecular formula is C14H19N5O2S. The molecular weight excluding hydrogens is 302 g/mol. The molecule has 1 aliphatic heterocycles. The second kappa shape index (κ2) is 5.53. The molecule has 3 heterocycles.